The number of halogens is 3. The third-order valence-electron chi connectivity index (χ3n) is 3.90. The monoisotopic (exact) mass is 419 g/mol. The van der Waals surface area contributed by atoms with Crippen LogP contribution in [0.3, 0.4) is 0 Å². The summed E-state index contributed by atoms with van der Waals surface area (Å²) in [7, 11) is 0. The molecular formula is C20H16F3N3O4. The summed E-state index contributed by atoms with van der Waals surface area (Å²) in [6.07, 6.45) is 3.66. The normalized spacial score (nSPS) is 11.2. The van der Waals surface area contributed by atoms with E-state index in [4.69, 9.17) is 4.74 Å². The van der Waals surface area contributed by atoms with Gasteiger partial charge in [-0.05, 0) is 36.8 Å². The Bertz CT molecular complexity index is 1160. The van der Waals surface area contributed by atoms with Crippen LogP contribution in [0, 0.1) is 5.82 Å². The number of H-pyrrole nitrogens is 1. The molecule has 2 N–H and O–H groups in total. The van der Waals surface area contributed by atoms with Crippen LogP contribution in [0.2, 0.25) is 0 Å². The van der Waals surface area contributed by atoms with Crippen LogP contribution in [0.15, 0.2) is 47.5 Å². The fourth-order valence-corrected chi connectivity index (χ4v) is 2.62. The molecule has 1 amide bonds. The van der Waals surface area contributed by atoms with Gasteiger partial charge in [0.15, 0.2) is 11.5 Å². The highest BCUT2D eigenvalue weighted by atomic mass is 19.3. The summed E-state index contributed by atoms with van der Waals surface area (Å²) in [6, 6.07) is 6.39. The summed E-state index contributed by atoms with van der Waals surface area (Å²) >= 11 is 0. The molecule has 0 bridgehead atoms. The van der Waals surface area contributed by atoms with E-state index in [1.54, 1.807) is 6.92 Å². The zero-order valence-corrected chi connectivity index (χ0v) is 15.6. The highest BCUT2D eigenvalue weighted by Gasteiger charge is 2.12. The Morgan fingerprint density at radius 3 is 2.80 bits per heavy atom. The van der Waals surface area contributed by atoms with Crippen LogP contribution < -0.4 is 20.3 Å². The molecule has 0 aliphatic rings. The second-order valence-corrected chi connectivity index (χ2v) is 5.92. The lowest BCUT2D eigenvalue weighted by molar-refractivity contribution is -0.111. The van der Waals surface area contributed by atoms with Gasteiger partial charge in [-0.15, -0.1) is 0 Å². The van der Waals surface area contributed by atoms with Gasteiger partial charge >= 0.3 is 6.61 Å². The number of carbonyl (C=O) groups is 1. The number of aromatic amines is 1. The molecule has 0 unspecified atom stereocenters. The van der Waals surface area contributed by atoms with Crippen molar-refractivity contribution < 1.29 is 27.4 Å². The van der Waals surface area contributed by atoms with Gasteiger partial charge in [0.05, 0.1) is 29.5 Å². The van der Waals surface area contributed by atoms with Crippen LogP contribution in [0.1, 0.15) is 12.5 Å². The number of hydrogen-bond acceptors (Lipinski definition) is 5. The minimum atomic E-state index is -3.00. The number of aromatic nitrogens is 2. The number of hydrogen-bond donors (Lipinski definition) is 2. The minimum absolute atomic E-state index is 0.0904. The van der Waals surface area contributed by atoms with E-state index in [1.807, 2.05) is 0 Å². The van der Waals surface area contributed by atoms with Gasteiger partial charge in [0.1, 0.15) is 5.82 Å². The van der Waals surface area contributed by atoms with Crippen molar-refractivity contribution in [1.82, 2.24) is 9.97 Å². The van der Waals surface area contributed by atoms with E-state index in [2.05, 4.69) is 20.0 Å². The third-order valence-corrected chi connectivity index (χ3v) is 3.90. The first kappa shape index (κ1) is 20.9. The van der Waals surface area contributed by atoms with E-state index in [0.29, 0.717) is 5.56 Å². The molecule has 0 fully saturated rings. The molecule has 0 aliphatic carbocycles. The predicted molar refractivity (Wildman–Crippen MR) is 104 cm³/mol. The fraction of sp³-hybridized carbons (Fsp3) is 0.150. The zero-order valence-electron chi connectivity index (χ0n) is 15.6. The Morgan fingerprint density at radius 2 is 2.07 bits per heavy atom. The summed E-state index contributed by atoms with van der Waals surface area (Å²) in [5, 5.41) is 2.46. The average Bonchev–Trinajstić information content (AvgIpc) is 2.69. The number of fused-ring (bicyclic) bond motifs is 1. The number of ether oxygens (including phenoxy) is 2. The average molecular weight is 419 g/mol. The molecule has 1 heterocycles. The number of nitrogens with one attached hydrogen (secondary N) is 2. The van der Waals surface area contributed by atoms with Crippen LogP contribution in [0.4, 0.5) is 18.9 Å². The molecule has 0 atom stereocenters. The summed E-state index contributed by atoms with van der Waals surface area (Å²) in [6.45, 7) is -1.10. The van der Waals surface area contributed by atoms with E-state index < -0.39 is 23.9 Å². The van der Waals surface area contributed by atoms with Gasteiger partial charge in [0, 0.05) is 12.1 Å². The Labute approximate surface area is 168 Å². The van der Waals surface area contributed by atoms with Crippen molar-refractivity contribution in [2.75, 3.05) is 11.9 Å². The molecular weight excluding hydrogens is 403 g/mol. The van der Waals surface area contributed by atoms with Crippen LogP contribution >= 0.6 is 0 Å². The first-order valence-electron chi connectivity index (χ1n) is 8.75. The van der Waals surface area contributed by atoms with Gasteiger partial charge in [0.25, 0.3) is 5.56 Å². The zero-order chi connectivity index (χ0) is 21.7. The lowest BCUT2D eigenvalue weighted by atomic mass is 10.2. The van der Waals surface area contributed by atoms with Gasteiger partial charge in [-0.3, -0.25) is 9.59 Å². The number of nitrogens with zero attached hydrogens (tertiary/aromatic N) is 1. The van der Waals surface area contributed by atoms with Crippen molar-refractivity contribution in [3.63, 3.8) is 0 Å². The Kier molecular flexibility index (Phi) is 6.35. The molecule has 1 aromatic heterocycles. The largest absolute Gasteiger partial charge is 0.490 e. The van der Waals surface area contributed by atoms with Crippen LogP contribution in [-0.2, 0) is 4.79 Å². The number of rotatable bonds is 7. The van der Waals surface area contributed by atoms with Crippen molar-refractivity contribution in [3.05, 3.63) is 64.5 Å². The molecule has 0 spiro atoms. The molecule has 3 aromatic rings. The molecule has 0 saturated heterocycles. The van der Waals surface area contributed by atoms with Gasteiger partial charge < -0.3 is 19.8 Å². The third kappa shape index (κ3) is 4.96. The molecule has 3 rings (SSSR count). The Hall–Kier alpha value is -3.82. The van der Waals surface area contributed by atoms with Crippen molar-refractivity contribution in [3.8, 4) is 11.5 Å². The fourth-order valence-electron chi connectivity index (χ4n) is 2.62. The number of benzene rings is 2. The smallest absolute Gasteiger partial charge is 0.387 e. The van der Waals surface area contributed by atoms with Gasteiger partial charge in [0.2, 0.25) is 5.91 Å². The molecule has 0 radical (unpaired) electrons. The van der Waals surface area contributed by atoms with E-state index in [9.17, 15) is 22.8 Å². The molecule has 2 aromatic carbocycles. The van der Waals surface area contributed by atoms with Gasteiger partial charge in [-0.2, -0.15) is 8.78 Å². The first-order valence-corrected chi connectivity index (χ1v) is 8.75. The van der Waals surface area contributed by atoms with E-state index in [0.717, 1.165) is 18.5 Å². The molecule has 30 heavy (non-hydrogen) atoms. The quantitative estimate of drug-likeness (QED) is 0.570. The van der Waals surface area contributed by atoms with Crippen LogP contribution in [0.5, 0.6) is 11.5 Å². The second-order valence-electron chi connectivity index (χ2n) is 5.92. The van der Waals surface area contributed by atoms with E-state index >= 15 is 0 Å². The highest BCUT2D eigenvalue weighted by Crippen LogP contribution is 2.30. The SMILES string of the molecule is CCOc1cc(/C=C/C(=O)Nc2cc3c(=O)[nH]cnc3cc2F)ccc1OC(F)F. The molecule has 0 aliphatic heterocycles. The Morgan fingerprint density at radius 1 is 1.27 bits per heavy atom. The summed E-state index contributed by atoms with van der Waals surface area (Å²) in [5.41, 5.74) is -0.0406. The number of amides is 1. The maximum atomic E-state index is 14.2. The maximum Gasteiger partial charge on any atom is 0.387 e. The van der Waals surface area contributed by atoms with Crippen LogP contribution in [0.25, 0.3) is 17.0 Å². The van der Waals surface area contributed by atoms with Crippen molar-refractivity contribution in [1.29, 1.82) is 0 Å². The first-order chi connectivity index (χ1) is 14.4. The number of anilines is 1. The Balaban J connectivity index is 1.78. The lowest BCUT2D eigenvalue weighted by Gasteiger charge is -2.11. The van der Waals surface area contributed by atoms with E-state index in [-0.39, 0.29) is 34.7 Å². The summed E-state index contributed by atoms with van der Waals surface area (Å²) < 4.78 is 48.7. The molecule has 7 nitrogen and oxygen atoms in total. The number of carbonyl (C=O) groups excluding carboxylic acids is 1. The second kappa shape index (κ2) is 9.12. The predicted octanol–water partition coefficient (Wildman–Crippen LogP) is 3.71. The molecule has 0 saturated carbocycles. The molecule has 156 valence electrons. The summed E-state index contributed by atoms with van der Waals surface area (Å²) in [5.74, 6) is -1.47. The lowest BCUT2D eigenvalue weighted by Crippen LogP contribution is -2.12. The summed E-state index contributed by atoms with van der Waals surface area (Å²) in [4.78, 5) is 30.2. The minimum Gasteiger partial charge on any atom is -0.490 e. The van der Waals surface area contributed by atoms with E-state index in [1.165, 1.54) is 30.3 Å². The van der Waals surface area contributed by atoms with Crippen molar-refractivity contribution in [2.45, 2.75) is 13.5 Å². The van der Waals surface area contributed by atoms with Crippen molar-refractivity contribution in [2.24, 2.45) is 0 Å². The van der Waals surface area contributed by atoms with Gasteiger partial charge in [-0.1, -0.05) is 6.07 Å². The number of alkyl halides is 2. The highest BCUT2D eigenvalue weighted by molar-refractivity contribution is 6.03. The maximum absolute atomic E-state index is 14.2. The molecule has 10 heteroatoms. The standard InChI is InChI=1S/C20H16F3N3O4/c1-2-29-17-7-11(3-5-16(17)30-20(22)23)4-6-18(27)26-15-8-12-14(9-13(15)21)24-10-25-19(12)28/h3-10,20H,2H2,1H3,(H,26,27)(H,24,25,28)/b6-4+. The van der Waals surface area contributed by atoms with Crippen LogP contribution in [-0.4, -0.2) is 29.1 Å². The van der Waals surface area contributed by atoms with Crippen molar-refractivity contribution >= 4 is 28.6 Å². The van der Waals surface area contributed by atoms with Gasteiger partial charge in [-0.25, -0.2) is 9.37 Å². The topological polar surface area (TPSA) is 93.3 Å².